The Hall–Kier alpha value is 0.280. The first-order chi connectivity index (χ1) is 14.7. The van der Waals surface area contributed by atoms with Gasteiger partial charge >= 0.3 is 31.3 Å². The van der Waals surface area contributed by atoms with Crippen molar-refractivity contribution in [3.05, 3.63) is 0 Å². The molecular formula is C9H22O20P4. The molecule has 1 fully saturated rings. The third-order valence-electron chi connectivity index (χ3n) is 3.67. The van der Waals surface area contributed by atoms with Crippen LogP contribution in [0.3, 0.4) is 0 Å². The van der Waals surface area contributed by atoms with Gasteiger partial charge in [-0.05, 0) is 0 Å². The zero-order chi connectivity index (χ0) is 26.0. The number of aliphatic hydroxyl groups is 4. The zero-order valence-electron chi connectivity index (χ0n) is 15.8. The minimum atomic E-state index is -5.69. The molecule has 198 valence electrons. The van der Waals surface area contributed by atoms with Crippen LogP contribution in [-0.4, -0.2) is 111 Å². The van der Waals surface area contributed by atoms with Crippen LogP contribution in [0.15, 0.2) is 0 Å². The lowest BCUT2D eigenvalue weighted by Crippen LogP contribution is -2.65. The van der Waals surface area contributed by atoms with Gasteiger partial charge in [0.15, 0.2) is 0 Å². The van der Waals surface area contributed by atoms with Crippen LogP contribution in [0.2, 0.25) is 0 Å². The van der Waals surface area contributed by atoms with Crippen molar-refractivity contribution in [2.24, 2.45) is 0 Å². The van der Waals surface area contributed by atoms with Crippen LogP contribution in [0, 0.1) is 0 Å². The molecule has 33 heavy (non-hydrogen) atoms. The Morgan fingerprint density at radius 3 is 1.33 bits per heavy atom. The summed E-state index contributed by atoms with van der Waals surface area (Å²) in [5, 5.41) is 38.5. The van der Waals surface area contributed by atoms with Gasteiger partial charge in [0, 0.05) is 0 Å². The molecule has 0 spiro atoms. The molecule has 0 aromatic heterocycles. The fourth-order valence-corrected chi connectivity index (χ4v) is 5.19. The van der Waals surface area contributed by atoms with Crippen molar-refractivity contribution >= 4 is 31.3 Å². The maximum atomic E-state index is 12.0. The molecular weight excluding hydrogens is 552 g/mol. The molecule has 1 aliphatic rings. The summed E-state index contributed by atoms with van der Waals surface area (Å²) in [6.07, 6.45) is -17.8. The number of rotatable bonds is 12. The van der Waals surface area contributed by atoms with Gasteiger partial charge in [0.1, 0.15) is 42.7 Å². The molecule has 0 saturated heterocycles. The van der Waals surface area contributed by atoms with Crippen LogP contribution in [0.4, 0.5) is 0 Å². The molecule has 1 aliphatic carbocycles. The summed E-state index contributed by atoms with van der Waals surface area (Å²) >= 11 is 0. The van der Waals surface area contributed by atoms with E-state index in [1.807, 2.05) is 0 Å². The van der Waals surface area contributed by atoms with E-state index in [-0.39, 0.29) is 0 Å². The molecule has 0 heterocycles. The van der Waals surface area contributed by atoms with Crippen LogP contribution in [0.1, 0.15) is 0 Å². The summed E-state index contributed by atoms with van der Waals surface area (Å²) in [6, 6.07) is 0. The SMILES string of the molecule is O=P(O)(O)OC1[C@@H](OP(=O)(O)O)[C@@H](O)C(OP(=O)(O)OC[C@H](O)CO)[C@H](O)[C@H]1OP(=O)(O)O. The van der Waals surface area contributed by atoms with Crippen molar-refractivity contribution in [1.29, 1.82) is 0 Å². The van der Waals surface area contributed by atoms with Crippen molar-refractivity contribution in [2.45, 2.75) is 42.7 Å². The number of phosphoric acid groups is 4. The Bertz CT molecular complexity index is 791. The molecule has 0 aliphatic heterocycles. The molecule has 0 bridgehead atoms. The molecule has 3 unspecified atom stereocenters. The minimum absolute atomic E-state index is 0.938. The van der Waals surface area contributed by atoms with E-state index in [9.17, 15) is 33.4 Å². The highest BCUT2D eigenvalue weighted by molar-refractivity contribution is 7.47. The minimum Gasteiger partial charge on any atom is -0.394 e. The second-order valence-electron chi connectivity index (χ2n) is 6.33. The van der Waals surface area contributed by atoms with Gasteiger partial charge in [-0.15, -0.1) is 0 Å². The maximum Gasteiger partial charge on any atom is 0.472 e. The summed E-state index contributed by atoms with van der Waals surface area (Å²) in [5.74, 6) is 0. The smallest absolute Gasteiger partial charge is 0.394 e. The zero-order valence-corrected chi connectivity index (χ0v) is 19.4. The molecule has 1 rings (SSSR count). The van der Waals surface area contributed by atoms with E-state index < -0.39 is 87.2 Å². The van der Waals surface area contributed by atoms with Crippen molar-refractivity contribution in [1.82, 2.24) is 0 Å². The van der Waals surface area contributed by atoms with Crippen molar-refractivity contribution < 1.29 is 95.6 Å². The lowest BCUT2D eigenvalue weighted by molar-refractivity contribution is -0.209. The van der Waals surface area contributed by atoms with E-state index >= 15 is 0 Å². The summed E-state index contributed by atoms with van der Waals surface area (Å²) in [4.78, 5) is 63.8. The summed E-state index contributed by atoms with van der Waals surface area (Å²) < 4.78 is 67.0. The van der Waals surface area contributed by atoms with Gasteiger partial charge in [-0.3, -0.25) is 22.6 Å². The standard InChI is InChI=1S/C9H22O20P4/c10-1-3(11)2-25-33(23,24)29-6-4(12)7(26-30(14,15)16)9(28-32(20,21)22)8(5(6)13)27-31(17,18)19/h3-13H,1-2H2,(H,23,24)(H2,14,15,16)(H2,17,18,19)(H2,20,21,22)/t3-,4+,5+,6?,7-,8+,9?/m1/s1. The monoisotopic (exact) mass is 574 g/mol. The third-order valence-corrected chi connectivity index (χ3v) is 6.21. The van der Waals surface area contributed by atoms with Gasteiger partial charge < -0.3 is 54.7 Å². The van der Waals surface area contributed by atoms with Gasteiger partial charge in [-0.25, -0.2) is 18.3 Å². The maximum absolute atomic E-state index is 12.0. The first-order valence-electron chi connectivity index (χ1n) is 8.18. The first kappa shape index (κ1) is 31.3. The summed E-state index contributed by atoms with van der Waals surface area (Å²) in [5.41, 5.74) is 0. The highest BCUT2D eigenvalue weighted by atomic mass is 31.2. The van der Waals surface area contributed by atoms with Crippen molar-refractivity contribution in [3.63, 3.8) is 0 Å². The van der Waals surface area contributed by atoms with Gasteiger partial charge in [0.2, 0.25) is 0 Å². The second kappa shape index (κ2) is 11.6. The molecule has 0 aromatic carbocycles. The van der Waals surface area contributed by atoms with Crippen LogP contribution in [-0.2, 0) is 40.9 Å². The van der Waals surface area contributed by atoms with Crippen LogP contribution >= 0.6 is 31.3 Å². The Balaban J connectivity index is 3.42. The van der Waals surface area contributed by atoms with Crippen molar-refractivity contribution in [2.75, 3.05) is 13.2 Å². The Kier molecular flexibility index (Phi) is 11.0. The summed E-state index contributed by atoms with van der Waals surface area (Å²) in [6.45, 7) is -1.98. The number of aliphatic hydroxyl groups excluding tert-OH is 4. The van der Waals surface area contributed by atoms with Gasteiger partial charge in [-0.1, -0.05) is 0 Å². The number of hydrogen-bond acceptors (Lipinski definition) is 13. The first-order valence-corrected chi connectivity index (χ1v) is 14.3. The van der Waals surface area contributed by atoms with E-state index in [0.29, 0.717) is 0 Å². The van der Waals surface area contributed by atoms with E-state index in [1.165, 1.54) is 0 Å². The van der Waals surface area contributed by atoms with Gasteiger partial charge in [0.25, 0.3) is 0 Å². The normalized spacial score (nSPS) is 32.3. The highest BCUT2D eigenvalue weighted by Crippen LogP contribution is 2.53. The van der Waals surface area contributed by atoms with Gasteiger partial charge in [-0.2, -0.15) is 0 Å². The average Bonchev–Trinajstić information content (AvgIpc) is 2.60. The van der Waals surface area contributed by atoms with Crippen LogP contribution in [0.25, 0.3) is 0 Å². The number of hydrogen-bond donors (Lipinski definition) is 11. The van der Waals surface area contributed by atoms with Crippen LogP contribution < -0.4 is 0 Å². The predicted octanol–water partition coefficient (Wildman–Crippen LogP) is -3.99. The molecule has 20 nitrogen and oxygen atoms in total. The fraction of sp³-hybridized carbons (Fsp3) is 1.00. The number of phosphoric ester groups is 4. The summed E-state index contributed by atoms with van der Waals surface area (Å²) in [7, 11) is -22.5. The quantitative estimate of drug-likeness (QED) is 0.0989. The van der Waals surface area contributed by atoms with E-state index in [2.05, 4.69) is 22.6 Å². The van der Waals surface area contributed by atoms with Crippen LogP contribution in [0.5, 0.6) is 0 Å². The topological polar surface area (TPSA) is 337 Å². The Morgan fingerprint density at radius 2 is 1.00 bits per heavy atom. The largest absolute Gasteiger partial charge is 0.472 e. The van der Waals surface area contributed by atoms with E-state index in [0.717, 1.165) is 0 Å². The van der Waals surface area contributed by atoms with E-state index in [4.69, 9.17) is 39.6 Å². The molecule has 0 aromatic rings. The third kappa shape index (κ3) is 10.8. The molecule has 8 atom stereocenters. The fourth-order valence-electron chi connectivity index (χ4n) is 2.53. The van der Waals surface area contributed by atoms with E-state index in [1.54, 1.807) is 0 Å². The lowest BCUT2D eigenvalue weighted by Gasteiger charge is -2.45. The Labute approximate surface area is 183 Å². The van der Waals surface area contributed by atoms with Gasteiger partial charge in [0.05, 0.1) is 13.2 Å². The predicted molar refractivity (Wildman–Crippen MR) is 96.5 cm³/mol. The molecule has 24 heteroatoms. The molecule has 1 saturated carbocycles. The molecule has 0 radical (unpaired) electrons. The molecule has 11 N–H and O–H groups in total. The molecule has 0 amide bonds. The second-order valence-corrected chi connectivity index (χ2v) is 11.3. The average molecular weight is 574 g/mol. The highest BCUT2D eigenvalue weighted by Gasteiger charge is 2.58. The van der Waals surface area contributed by atoms with Crippen molar-refractivity contribution in [3.8, 4) is 0 Å². The lowest BCUT2D eigenvalue weighted by atomic mass is 9.85. The Morgan fingerprint density at radius 1 is 0.636 bits per heavy atom.